The Balaban J connectivity index is 2.47. The Morgan fingerprint density at radius 2 is 2.00 bits per heavy atom. The maximum atomic E-state index is 12.3. The molecule has 0 unspecified atom stereocenters. The van der Waals surface area contributed by atoms with Crippen LogP contribution in [-0.4, -0.2) is 29.5 Å². The number of anilines is 1. The van der Waals surface area contributed by atoms with Gasteiger partial charge in [0.1, 0.15) is 0 Å². The van der Waals surface area contributed by atoms with Crippen LogP contribution in [0.25, 0.3) is 0 Å². The molecular weight excluding hydrogens is 253 g/mol. The van der Waals surface area contributed by atoms with Crippen molar-refractivity contribution in [2.24, 2.45) is 5.73 Å². The van der Waals surface area contributed by atoms with Gasteiger partial charge >= 0.3 is 6.18 Å². The van der Waals surface area contributed by atoms with Crippen molar-refractivity contribution < 1.29 is 13.2 Å². The van der Waals surface area contributed by atoms with Gasteiger partial charge in [0.05, 0.1) is 0 Å². The summed E-state index contributed by atoms with van der Waals surface area (Å²) in [5.74, 6) is -1.06. The maximum absolute atomic E-state index is 12.3. The minimum atomic E-state index is -4.46. The van der Waals surface area contributed by atoms with Crippen molar-refractivity contribution >= 4 is 16.7 Å². The van der Waals surface area contributed by atoms with Crippen molar-refractivity contribution in [1.82, 2.24) is 9.36 Å². The molecule has 1 rings (SSSR count). The van der Waals surface area contributed by atoms with Gasteiger partial charge < -0.3 is 10.6 Å². The molecule has 4 nitrogen and oxygen atoms in total. The number of nitrogens with zero attached hydrogens (tertiary/aromatic N) is 3. The van der Waals surface area contributed by atoms with E-state index in [1.807, 2.05) is 0 Å². The second-order valence-corrected chi connectivity index (χ2v) is 4.40. The Hall–Kier alpha value is -0.890. The summed E-state index contributed by atoms with van der Waals surface area (Å²) in [6.45, 7) is 1.30. The SMILES string of the molecule is CN(CCCCCN)c1nc(C(F)(F)F)ns1. The summed E-state index contributed by atoms with van der Waals surface area (Å²) in [4.78, 5) is 5.15. The van der Waals surface area contributed by atoms with E-state index >= 15 is 0 Å². The summed E-state index contributed by atoms with van der Waals surface area (Å²) >= 11 is 0.768. The fourth-order valence-corrected chi connectivity index (χ4v) is 1.92. The first-order valence-corrected chi connectivity index (χ1v) is 6.04. The lowest BCUT2D eigenvalue weighted by Crippen LogP contribution is -2.19. The van der Waals surface area contributed by atoms with Gasteiger partial charge in [-0.1, -0.05) is 6.42 Å². The summed E-state index contributed by atoms with van der Waals surface area (Å²) in [5, 5.41) is 0.296. The number of aromatic nitrogens is 2. The van der Waals surface area contributed by atoms with Crippen LogP contribution in [0.4, 0.5) is 18.3 Å². The quantitative estimate of drug-likeness (QED) is 0.803. The van der Waals surface area contributed by atoms with Gasteiger partial charge in [-0.15, -0.1) is 0 Å². The van der Waals surface area contributed by atoms with E-state index in [4.69, 9.17) is 5.73 Å². The smallest absolute Gasteiger partial charge is 0.350 e. The van der Waals surface area contributed by atoms with Gasteiger partial charge in [0, 0.05) is 25.1 Å². The number of rotatable bonds is 6. The maximum Gasteiger partial charge on any atom is 0.452 e. The zero-order chi connectivity index (χ0) is 12.9. The predicted octanol–water partition coefficient (Wildman–Crippen LogP) is 2.12. The van der Waals surface area contributed by atoms with Crippen molar-refractivity contribution in [3.05, 3.63) is 5.82 Å². The topological polar surface area (TPSA) is 55.0 Å². The molecule has 1 aromatic heterocycles. The van der Waals surface area contributed by atoms with Crippen molar-refractivity contribution in [3.8, 4) is 0 Å². The third-order valence-corrected chi connectivity index (χ3v) is 3.02. The van der Waals surface area contributed by atoms with E-state index in [9.17, 15) is 13.2 Å². The summed E-state index contributed by atoms with van der Waals surface area (Å²) in [5.41, 5.74) is 5.35. The average molecular weight is 268 g/mol. The fraction of sp³-hybridized carbons (Fsp3) is 0.778. The van der Waals surface area contributed by atoms with Crippen molar-refractivity contribution in [3.63, 3.8) is 0 Å². The number of unbranched alkanes of at least 4 members (excludes halogenated alkanes) is 2. The van der Waals surface area contributed by atoms with Crippen molar-refractivity contribution in [2.45, 2.75) is 25.4 Å². The fourth-order valence-electron chi connectivity index (χ4n) is 1.25. The van der Waals surface area contributed by atoms with Crippen LogP contribution < -0.4 is 10.6 Å². The minimum Gasteiger partial charge on any atom is -0.350 e. The van der Waals surface area contributed by atoms with Gasteiger partial charge in [0.2, 0.25) is 11.0 Å². The highest BCUT2D eigenvalue weighted by molar-refractivity contribution is 7.09. The first kappa shape index (κ1) is 14.2. The second kappa shape index (κ2) is 6.15. The number of alkyl halides is 3. The zero-order valence-corrected chi connectivity index (χ0v) is 10.3. The zero-order valence-electron chi connectivity index (χ0n) is 9.50. The Labute approximate surface area is 102 Å². The van der Waals surface area contributed by atoms with E-state index in [2.05, 4.69) is 9.36 Å². The van der Waals surface area contributed by atoms with E-state index in [-0.39, 0.29) is 0 Å². The molecule has 0 aliphatic carbocycles. The number of nitrogens with two attached hydrogens (primary N) is 1. The molecule has 0 fully saturated rings. The highest BCUT2D eigenvalue weighted by Crippen LogP contribution is 2.29. The van der Waals surface area contributed by atoms with Gasteiger partial charge in [-0.2, -0.15) is 22.5 Å². The highest BCUT2D eigenvalue weighted by atomic mass is 32.1. The Morgan fingerprint density at radius 3 is 2.53 bits per heavy atom. The van der Waals surface area contributed by atoms with E-state index in [1.54, 1.807) is 11.9 Å². The normalized spacial score (nSPS) is 11.8. The van der Waals surface area contributed by atoms with E-state index < -0.39 is 12.0 Å². The molecule has 8 heteroatoms. The van der Waals surface area contributed by atoms with Gasteiger partial charge in [0.15, 0.2) is 0 Å². The molecule has 98 valence electrons. The third kappa shape index (κ3) is 4.47. The van der Waals surface area contributed by atoms with Crippen LogP contribution in [0.5, 0.6) is 0 Å². The number of hydrogen-bond donors (Lipinski definition) is 1. The molecule has 0 saturated carbocycles. The van der Waals surface area contributed by atoms with Crippen LogP contribution in [0.1, 0.15) is 25.1 Å². The molecule has 0 spiro atoms. The monoisotopic (exact) mass is 268 g/mol. The van der Waals surface area contributed by atoms with E-state index in [0.29, 0.717) is 18.2 Å². The lowest BCUT2D eigenvalue weighted by atomic mass is 10.2. The Kier molecular flexibility index (Phi) is 5.13. The van der Waals surface area contributed by atoms with Crippen LogP contribution in [0.2, 0.25) is 0 Å². The van der Waals surface area contributed by atoms with Crippen molar-refractivity contribution in [1.29, 1.82) is 0 Å². The van der Waals surface area contributed by atoms with Crippen LogP contribution in [0, 0.1) is 0 Å². The van der Waals surface area contributed by atoms with Gasteiger partial charge in [-0.25, -0.2) is 0 Å². The summed E-state index contributed by atoms with van der Waals surface area (Å²) in [7, 11) is 1.71. The molecule has 0 amide bonds. The molecule has 0 atom stereocenters. The molecule has 17 heavy (non-hydrogen) atoms. The Morgan fingerprint density at radius 1 is 1.29 bits per heavy atom. The molecule has 2 N–H and O–H groups in total. The summed E-state index contributed by atoms with van der Waals surface area (Å²) in [6, 6.07) is 0. The van der Waals surface area contributed by atoms with Gasteiger partial charge in [-0.05, 0) is 19.4 Å². The molecular formula is C9H15F3N4S. The summed E-state index contributed by atoms with van der Waals surface area (Å²) in [6.07, 6.45) is -1.69. The lowest BCUT2D eigenvalue weighted by molar-refractivity contribution is -0.144. The molecule has 0 bridgehead atoms. The molecule has 0 saturated heterocycles. The van der Waals surface area contributed by atoms with Gasteiger partial charge in [-0.3, -0.25) is 0 Å². The average Bonchev–Trinajstić information content (AvgIpc) is 2.72. The largest absolute Gasteiger partial charge is 0.452 e. The van der Waals surface area contributed by atoms with Crippen molar-refractivity contribution in [2.75, 3.05) is 25.0 Å². The molecule has 1 heterocycles. The Bertz CT molecular complexity index is 339. The minimum absolute atomic E-state index is 0.296. The van der Waals surface area contributed by atoms with Crippen LogP contribution in [-0.2, 0) is 6.18 Å². The van der Waals surface area contributed by atoms with E-state index in [0.717, 1.165) is 30.8 Å². The first-order valence-electron chi connectivity index (χ1n) is 5.27. The molecule has 0 radical (unpaired) electrons. The predicted molar refractivity (Wildman–Crippen MR) is 61.1 cm³/mol. The number of halogens is 3. The van der Waals surface area contributed by atoms with E-state index in [1.165, 1.54) is 0 Å². The standard InChI is InChI=1S/C9H15F3N4S/c1-16(6-4-2-3-5-13)8-14-7(15-17-8)9(10,11)12/h2-6,13H2,1H3. The second-order valence-electron chi connectivity index (χ2n) is 3.67. The molecule has 0 aliphatic heterocycles. The van der Waals surface area contributed by atoms with Crippen LogP contribution in [0.15, 0.2) is 0 Å². The molecule has 0 aliphatic rings. The van der Waals surface area contributed by atoms with Crippen LogP contribution in [0.3, 0.4) is 0 Å². The third-order valence-electron chi connectivity index (χ3n) is 2.19. The molecule has 0 aromatic carbocycles. The van der Waals surface area contributed by atoms with Gasteiger partial charge in [0.25, 0.3) is 0 Å². The highest BCUT2D eigenvalue weighted by Gasteiger charge is 2.36. The first-order chi connectivity index (χ1) is 7.95. The lowest BCUT2D eigenvalue weighted by Gasteiger charge is -2.14. The molecule has 1 aromatic rings. The number of hydrogen-bond acceptors (Lipinski definition) is 5. The summed E-state index contributed by atoms with van der Waals surface area (Å²) < 4.78 is 40.1. The van der Waals surface area contributed by atoms with Crippen LogP contribution >= 0.6 is 11.5 Å².